The van der Waals surface area contributed by atoms with Crippen LogP contribution in [0, 0.1) is 0 Å². The van der Waals surface area contributed by atoms with Crippen LogP contribution in [0.3, 0.4) is 0 Å². The van der Waals surface area contributed by atoms with Crippen molar-refractivity contribution in [3.05, 3.63) is 10.9 Å². The highest BCUT2D eigenvalue weighted by Crippen LogP contribution is 2.33. The van der Waals surface area contributed by atoms with Gasteiger partial charge in [0, 0.05) is 20.6 Å². The normalized spacial score (nSPS) is 18.8. The number of hydrogen-bond acceptors (Lipinski definition) is 6. The molecule has 3 heterocycles. The van der Waals surface area contributed by atoms with Crippen molar-refractivity contribution in [1.29, 1.82) is 0 Å². The van der Waals surface area contributed by atoms with Gasteiger partial charge in [0.05, 0.1) is 9.58 Å². The fourth-order valence-electron chi connectivity index (χ4n) is 2.33. The molecule has 1 fully saturated rings. The zero-order valence-electron chi connectivity index (χ0n) is 12.5. The molecular formula is C14H18N4O2S2. The van der Waals surface area contributed by atoms with E-state index in [1.54, 1.807) is 11.3 Å². The first-order valence-corrected chi connectivity index (χ1v) is 8.84. The molecule has 118 valence electrons. The third-order valence-electron chi connectivity index (χ3n) is 3.53. The fourth-order valence-corrected chi connectivity index (χ4v) is 4.37. The van der Waals surface area contributed by atoms with Crippen LogP contribution in [0.5, 0.6) is 0 Å². The second-order valence-electron chi connectivity index (χ2n) is 5.48. The van der Waals surface area contributed by atoms with Crippen molar-refractivity contribution in [2.24, 2.45) is 0 Å². The number of thiazole rings is 1. The number of thiophene rings is 1. The van der Waals surface area contributed by atoms with Gasteiger partial charge in [-0.2, -0.15) is 0 Å². The van der Waals surface area contributed by atoms with Crippen LogP contribution >= 0.6 is 22.7 Å². The Balaban J connectivity index is 1.74. The molecule has 2 amide bonds. The zero-order chi connectivity index (χ0) is 15.7. The Hall–Kier alpha value is -1.67. The number of anilines is 1. The summed E-state index contributed by atoms with van der Waals surface area (Å²) in [4.78, 5) is 32.1. The van der Waals surface area contributed by atoms with Gasteiger partial charge in [0.25, 0.3) is 5.91 Å². The first-order valence-electron chi connectivity index (χ1n) is 7.21. The van der Waals surface area contributed by atoms with Crippen LogP contribution < -0.4 is 15.5 Å². The lowest BCUT2D eigenvalue weighted by atomic mass is 10.1. The molecule has 0 aliphatic carbocycles. The predicted molar refractivity (Wildman–Crippen MR) is 89.9 cm³/mol. The average molecular weight is 338 g/mol. The van der Waals surface area contributed by atoms with E-state index in [-0.39, 0.29) is 11.8 Å². The number of fused-ring (bicyclic) bond motifs is 1. The van der Waals surface area contributed by atoms with Gasteiger partial charge >= 0.3 is 0 Å². The summed E-state index contributed by atoms with van der Waals surface area (Å²) in [5.74, 6) is -0.277. The van der Waals surface area contributed by atoms with E-state index in [1.165, 1.54) is 11.3 Å². The highest BCUT2D eigenvalue weighted by Gasteiger charge is 2.24. The van der Waals surface area contributed by atoms with Gasteiger partial charge in [-0.3, -0.25) is 9.59 Å². The molecule has 0 unspecified atom stereocenters. The molecule has 1 atom stereocenters. The smallest absolute Gasteiger partial charge is 0.262 e. The molecule has 1 saturated heterocycles. The molecule has 1 aliphatic heterocycles. The summed E-state index contributed by atoms with van der Waals surface area (Å²) in [6.45, 7) is 0.692. The van der Waals surface area contributed by atoms with E-state index in [2.05, 4.69) is 15.6 Å². The maximum atomic E-state index is 12.3. The number of amides is 2. The first-order chi connectivity index (χ1) is 10.5. The number of nitrogens with one attached hydrogen (secondary N) is 2. The van der Waals surface area contributed by atoms with Crippen molar-refractivity contribution >= 4 is 49.1 Å². The van der Waals surface area contributed by atoms with Crippen molar-refractivity contribution in [2.45, 2.75) is 25.3 Å². The molecule has 0 aromatic carbocycles. The molecule has 3 rings (SSSR count). The molecule has 0 spiro atoms. The topological polar surface area (TPSA) is 74.3 Å². The standard InChI is InChI=1S/C14H18N4O2S2/c1-18(2)14-17-13-10(22-14)7-9(21-13)12(20)16-8-5-3-4-6-15-11(8)19/h7-8H,3-6H2,1-2H3,(H,15,19)(H,16,20)/t8-/m0/s1. The van der Waals surface area contributed by atoms with Gasteiger partial charge in [-0.25, -0.2) is 4.98 Å². The second-order valence-corrected chi connectivity index (χ2v) is 7.52. The van der Waals surface area contributed by atoms with Crippen LogP contribution in [0.1, 0.15) is 28.9 Å². The van der Waals surface area contributed by atoms with Crippen LogP contribution in [0.15, 0.2) is 6.07 Å². The van der Waals surface area contributed by atoms with Gasteiger partial charge in [-0.1, -0.05) is 11.3 Å². The van der Waals surface area contributed by atoms with Crippen molar-refractivity contribution in [2.75, 3.05) is 25.5 Å². The third kappa shape index (κ3) is 3.07. The zero-order valence-corrected chi connectivity index (χ0v) is 14.1. The Morgan fingerprint density at radius 2 is 2.23 bits per heavy atom. The largest absolute Gasteiger partial charge is 0.354 e. The minimum atomic E-state index is -0.430. The third-order valence-corrected chi connectivity index (χ3v) is 5.85. The van der Waals surface area contributed by atoms with Gasteiger partial charge < -0.3 is 15.5 Å². The summed E-state index contributed by atoms with van der Waals surface area (Å²) >= 11 is 2.93. The van der Waals surface area contributed by atoms with Crippen molar-refractivity contribution < 1.29 is 9.59 Å². The minimum Gasteiger partial charge on any atom is -0.354 e. The highest BCUT2D eigenvalue weighted by molar-refractivity contribution is 7.29. The lowest BCUT2D eigenvalue weighted by molar-refractivity contribution is -0.122. The fraction of sp³-hybridized carbons (Fsp3) is 0.500. The Morgan fingerprint density at radius 1 is 1.41 bits per heavy atom. The van der Waals surface area contributed by atoms with Gasteiger partial charge in [0.15, 0.2) is 5.13 Å². The highest BCUT2D eigenvalue weighted by atomic mass is 32.1. The number of nitrogens with zero attached hydrogens (tertiary/aromatic N) is 2. The maximum absolute atomic E-state index is 12.3. The van der Waals surface area contributed by atoms with E-state index >= 15 is 0 Å². The molecule has 6 nitrogen and oxygen atoms in total. The van der Waals surface area contributed by atoms with Gasteiger partial charge in [-0.05, 0) is 25.3 Å². The molecule has 8 heteroatoms. The Bertz CT molecular complexity index is 675. The summed E-state index contributed by atoms with van der Waals surface area (Å²) in [6.07, 6.45) is 2.60. The van der Waals surface area contributed by atoms with Crippen LogP contribution in [0.2, 0.25) is 0 Å². The minimum absolute atomic E-state index is 0.0859. The molecule has 1 aliphatic rings. The predicted octanol–water partition coefficient (Wildman–Crippen LogP) is 1.82. The Morgan fingerprint density at radius 3 is 2.95 bits per heavy atom. The van der Waals surface area contributed by atoms with Crippen LogP contribution in [-0.2, 0) is 4.79 Å². The van der Waals surface area contributed by atoms with Crippen LogP contribution in [0.25, 0.3) is 9.53 Å². The lowest BCUT2D eigenvalue weighted by Gasteiger charge is -2.14. The molecule has 2 N–H and O–H groups in total. The summed E-state index contributed by atoms with van der Waals surface area (Å²) in [7, 11) is 3.89. The van der Waals surface area contributed by atoms with Crippen molar-refractivity contribution in [3.63, 3.8) is 0 Å². The summed E-state index contributed by atoms with van der Waals surface area (Å²) in [6, 6.07) is 1.43. The van der Waals surface area contributed by atoms with Crippen molar-refractivity contribution in [3.8, 4) is 0 Å². The number of rotatable bonds is 3. The van der Waals surface area contributed by atoms with E-state index in [0.717, 1.165) is 27.5 Å². The van der Waals surface area contributed by atoms with Gasteiger partial charge in [-0.15, -0.1) is 11.3 Å². The van der Waals surface area contributed by atoms with E-state index in [1.807, 2.05) is 25.1 Å². The molecule has 0 bridgehead atoms. The van der Waals surface area contributed by atoms with E-state index in [4.69, 9.17) is 0 Å². The van der Waals surface area contributed by atoms with Crippen molar-refractivity contribution in [1.82, 2.24) is 15.6 Å². The van der Waals surface area contributed by atoms with E-state index < -0.39 is 6.04 Å². The molecule has 2 aromatic heterocycles. The number of carbonyl (C=O) groups excluding carboxylic acids is 2. The monoisotopic (exact) mass is 338 g/mol. The molecular weight excluding hydrogens is 320 g/mol. The summed E-state index contributed by atoms with van der Waals surface area (Å²) < 4.78 is 1.00. The molecule has 0 saturated carbocycles. The molecule has 2 aromatic rings. The Labute approximate surface area is 136 Å². The van der Waals surface area contributed by atoms with Crippen LogP contribution in [0.4, 0.5) is 5.13 Å². The Kier molecular flexibility index (Phi) is 4.30. The number of carbonyl (C=O) groups is 2. The number of aromatic nitrogens is 1. The SMILES string of the molecule is CN(C)c1nc2sc(C(=O)N[C@H]3CCCCNC3=O)cc2s1. The van der Waals surface area contributed by atoms with Gasteiger partial charge in [0.2, 0.25) is 5.91 Å². The maximum Gasteiger partial charge on any atom is 0.262 e. The number of hydrogen-bond donors (Lipinski definition) is 2. The quantitative estimate of drug-likeness (QED) is 0.895. The lowest BCUT2D eigenvalue weighted by Crippen LogP contribution is -2.45. The summed E-state index contributed by atoms with van der Waals surface area (Å²) in [5, 5.41) is 6.59. The van der Waals surface area contributed by atoms with Gasteiger partial charge in [0.1, 0.15) is 10.9 Å². The van der Waals surface area contributed by atoms with E-state index in [0.29, 0.717) is 17.8 Å². The first kappa shape index (κ1) is 15.2. The molecule has 22 heavy (non-hydrogen) atoms. The average Bonchev–Trinajstić information content (AvgIpc) is 2.97. The second kappa shape index (κ2) is 6.21. The van der Waals surface area contributed by atoms with Crippen LogP contribution in [-0.4, -0.2) is 43.5 Å². The summed E-state index contributed by atoms with van der Waals surface area (Å²) in [5.41, 5.74) is 0. The molecule has 0 radical (unpaired) electrons. The van der Waals surface area contributed by atoms with E-state index in [9.17, 15) is 9.59 Å².